The van der Waals surface area contributed by atoms with E-state index in [4.69, 9.17) is 9.47 Å². The van der Waals surface area contributed by atoms with Crippen molar-refractivity contribution >= 4 is 11.9 Å². The summed E-state index contributed by atoms with van der Waals surface area (Å²) in [7, 11) is 0. The minimum Gasteiger partial charge on any atom is -0.462 e. The van der Waals surface area contributed by atoms with E-state index in [0.717, 1.165) is 12.8 Å². The third-order valence-corrected chi connectivity index (χ3v) is 2.91. The Labute approximate surface area is 106 Å². The molecule has 1 unspecified atom stereocenters. The zero-order valence-electron chi connectivity index (χ0n) is 10.3. The van der Waals surface area contributed by atoms with Gasteiger partial charge in [0.25, 0.3) is 0 Å². The summed E-state index contributed by atoms with van der Waals surface area (Å²) in [4.78, 5) is 23.5. The second-order valence-corrected chi connectivity index (χ2v) is 4.56. The highest BCUT2D eigenvalue weighted by Crippen LogP contribution is 2.13. The summed E-state index contributed by atoms with van der Waals surface area (Å²) in [6.07, 6.45) is 1.65. The molecule has 0 saturated carbocycles. The number of rotatable bonds is 0. The lowest BCUT2D eigenvalue weighted by Crippen LogP contribution is -2.15. The van der Waals surface area contributed by atoms with Crippen LogP contribution in [0.4, 0.5) is 0 Å². The maximum atomic E-state index is 11.8. The molecule has 1 aromatic rings. The van der Waals surface area contributed by atoms with Crippen molar-refractivity contribution in [2.45, 2.75) is 19.8 Å². The van der Waals surface area contributed by atoms with E-state index in [1.165, 1.54) is 6.07 Å². The van der Waals surface area contributed by atoms with Crippen molar-refractivity contribution in [2.24, 2.45) is 5.92 Å². The number of fused-ring (bicyclic) bond motifs is 2. The molecular formula is C14H16O4. The number of carbonyl (C=O) groups excluding carboxylic acids is 2. The van der Waals surface area contributed by atoms with E-state index in [2.05, 4.69) is 0 Å². The van der Waals surface area contributed by atoms with Gasteiger partial charge >= 0.3 is 11.9 Å². The number of benzene rings is 1. The van der Waals surface area contributed by atoms with E-state index in [1.54, 1.807) is 18.2 Å². The molecule has 2 bridgehead atoms. The molecule has 0 aliphatic carbocycles. The van der Waals surface area contributed by atoms with Crippen LogP contribution in [0.2, 0.25) is 0 Å². The molecule has 0 saturated heterocycles. The molecule has 0 spiro atoms. The largest absolute Gasteiger partial charge is 0.462 e. The Morgan fingerprint density at radius 3 is 2.50 bits per heavy atom. The summed E-state index contributed by atoms with van der Waals surface area (Å²) in [5.41, 5.74) is 0.773. The monoisotopic (exact) mass is 248 g/mol. The zero-order chi connectivity index (χ0) is 13.0. The molecule has 4 heteroatoms. The topological polar surface area (TPSA) is 52.6 Å². The third-order valence-electron chi connectivity index (χ3n) is 2.91. The van der Waals surface area contributed by atoms with Gasteiger partial charge in [0.1, 0.15) is 0 Å². The van der Waals surface area contributed by atoms with Crippen LogP contribution in [0, 0.1) is 5.92 Å². The number of hydrogen-bond acceptors (Lipinski definition) is 4. The Morgan fingerprint density at radius 1 is 1.11 bits per heavy atom. The first kappa shape index (κ1) is 12.6. The molecule has 2 rings (SSSR count). The minimum absolute atomic E-state index is 0.273. The summed E-state index contributed by atoms with van der Waals surface area (Å²) in [6.45, 7) is 2.82. The maximum Gasteiger partial charge on any atom is 0.338 e. The van der Waals surface area contributed by atoms with Gasteiger partial charge in [-0.2, -0.15) is 0 Å². The van der Waals surface area contributed by atoms with Crippen molar-refractivity contribution in [1.29, 1.82) is 0 Å². The summed E-state index contributed by atoms with van der Waals surface area (Å²) < 4.78 is 10.4. The Kier molecular flexibility index (Phi) is 3.97. The first-order chi connectivity index (χ1) is 8.66. The quantitative estimate of drug-likeness (QED) is 0.662. The van der Waals surface area contributed by atoms with Crippen LogP contribution in [0.1, 0.15) is 40.5 Å². The highest BCUT2D eigenvalue weighted by atomic mass is 16.5. The molecule has 0 N–H and O–H groups in total. The molecular weight excluding hydrogens is 232 g/mol. The number of cyclic esters (lactones) is 2. The van der Waals surface area contributed by atoms with Gasteiger partial charge in [0.15, 0.2) is 0 Å². The molecule has 0 aromatic heterocycles. The van der Waals surface area contributed by atoms with E-state index < -0.39 is 11.9 Å². The molecule has 1 aliphatic heterocycles. The Hall–Kier alpha value is -1.84. The van der Waals surface area contributed by atoms with Crippen molar-refractivity contribution < 1.29 is 19.1 Å². The maximum absolute atomic E-state index is 11.8. The lowest BCUT2D eigenvalue weighted by atomic mass is 10.1. The molecule has 18 heavy (non-hydrogen) atoms. The minimum atomic E-state index is -0.392. The molecule has 1 atom stereocenters. The van der Waals surface area contributed by atoms with Gasteiger partial charge < -0.3 is 9.47 Å². The van der Waals surface area contributed by atoms with E-state index in [9.17, 15) is 9.59 Å². The lowest BCUT2D eigenvalue weighted by molar-refractivity contribution is 0.0416. The van der Waals surface area contributed by atoms with Crippen LogP contribution in [0.5, 0.6) is 0 Å². The number of hydrogen-bond donors (Lipinski definition) is 0. The normalized spacial score (nSPS) is 21.3. The lowest BCUT2D eigenvalue weighted by Gasteiger charge is -2.14. The van der Waals surface area contributed by atoms with Gasteiger partial charge in [-0.15, -0.1) is 0 Å². The van der Waals surface area contributed by atoms with Gasteiger partial charge in [-0.25, -0.2) is 9.59 Å². The van der Waals surface area contributed by atoms with E-state index in [-0.39, 0.29) is 5.92 Å². The molecule has 96 valence electrons. The van der Waals surface area contributed by atoms with Crippen LogP contribution in [-0.4, -0.2) is 25.2 Å². The van der Waals surface area contributed by atoms with Crippen LogP contribution in [0.25, 0.3) is 0 Å². The summed E-state index contributed by atoms with van der Waals surface area (Å²) >= 11 is 0. The first-order valence-electron chi connectivity index (χ1n) is 6.11. The molecule has 0 amide bonds. The fourth-order valence-corrected chi connectivity index (χ4v) is 1.84. The van der Waals surface area contributed by atoms with E-state index >= 15 is 0 Å². The number of carbonyl (C=O) groups is 2. The van der Waals surface area contributed by atoms with Crippen LogP contribution >= 0.6 is 0 Å². The fraction of sp³-hybridized carbons (Fsp3) is 0.429. The number of esters is 2. The average Bonchev–Trinajstić information content (AvgIpc) is 2.40. The van der Waals surface area contributed by atoms with Crippen LogP contribution in [0.3, 0.4) is 0 Å². The molecule has 0 fully saturated rings. The Morgan fingerprint density at radius 2 is 1.78 bits per heavy atom. The average molecular weight is 248 g/mol. The second kappa shape index (κ2) is 5.67. The summed E-state index contributed by atoms with van der Waals surface area (Å²) in [6, 6.07) is 6.43. The van der Waals surface area contributed by atoms with E-state index in [0.29, 0.717) is 24.3 Å². The van der Waals surface area contributed by atoms with Gasteiger partial charge in [-0.05, 0) is 37.0 Å². The molecule has 0 radical (unpaired) electrons. The van der Waals surface area contributed by atoms with Crippen molar-refractivity contribution in [3.8, 4) is 0 Å². The third kappa shape index (κ3) is 3.09. The summed E-state index contributed by atoms with van der Waals surface area (Å²) in [5.74, 6) is -0.509. The van der Waals surface area contributed by atoms with E-state index in [1.807, 2.05) is 6.92 Å². The standard InChI is InChI=1S/C14H16O4/c1-10-4-3-7-17-13(15)11-5-2-6-12(8-11)14(16)18-9-10/h2,5-6,8,10H,3-4,7,9H2,1H3. The Bertz CT molecular complexity index is 453. The summed E-state index contributed by atoms with van der Waals surface area (Å²) in [5, 5.41) is 0. The van der Waals surface area contributed by atoms with Crippen molar-refractivity contribution in [1.82, 2.24) is 0 Å². The van der Waals surface area contributed by atoms with Crippen molar-refractivity contribution in [3.05, 3.63) is 35.4 Å². The predicted molar refractivity (Wildman–Crippen MR) is 65.4 cm³/mol. The molecule has 1 aromatic carbocycles. The fourth-order valence-electron chi connectivity index (χ4n) is 1.84. The van der Waals surface area contributed by atoms with Crippen LogP contribution < -0.4 is 0 Å². The van der Waals surface area contributed by atoms with Gasteiger partial charge in [-0.1, -0.05) is 13.0 Å². The Balaban J connectivity index is 2.23. The number of ether oxygens (including phenoxy) is 2. The predicted octanol–water partition coefficient (Wildman–Crippen LogP) is 2.43. The highest BCUT2D eigenvalue weighted by Gasteiger charge is 2.15. The smallest absolute Gasteiger partial charge is 0.338 e. The second-order valence-electron chi connectivity index (χ2n) is 4.56. The highest BCUT2D eigenvalue weighted by molar-refractivity contribution is 5.95. The SMILES string of the molecule is CC1CCCOC(=O)c2cccc(c2)C(=O)OC1. The van der Waals surface area contributed by atoms with Crippen LogP contribution in [0.15, 0.2) is 24.3 Å². The molecule has 1 heterocycles. The van der Waals surface area contributed by atoms with Crippen LogP contribution in [-0.2, 0) is 9.47 Å². The first-order valence-corrected chi connectivity index (χ1v) is 6.11. The molecule has 1 aliphatic rings. The van der Waals surface area contributed by atoms with Crippen molar-refractivity contribution in [3.63, 3.8) is 0 Å². The van der Waals surface area contributed by atoms with Gasteiger partial charge in [0.05, 0.1) is 24.3 Å². The van der Waals surface area contributed by atoms with Gasteiger partial charge in [-0.3, -0.25) is 0 Å². The van der Waals surface area contributed by atoms with Gasteiger partial charge in [0, 0.05) is 0 Å². The molecule has 4 nitrogen and oxygen atoms in total. The van der Waals surface area contributed by atoms with Gasteiger partial charge in [0.2, 0.25) is 0 Å². The van der Waals surface area contributed by atoms with Crippen molar-refractivity contribution in [2.75, 3.05) is 13.2 Å². The zero-order valence-corrected chi connectivity index (χ0v) is 10.3.